The molecular weight excluding hydrogens is 370 g/mol. The first kappa shape index (κ1) is 20.4. The fraction of sp³-hybridized carbons (Fsp3) is 0.318. The third kappa shape index (κ3) is 4.56. The summed E-state index contributed by atoms with van der Waals surface area (Å²) in [6.07, 6.45) is 3.20. The van der Waals surface area contributed by atoms with Crippen molar-refractivity contribution in [2.75, 3.05) is 6.54 Å². The summed E-state index contributed by atoms with van der Waals surface area (Å²) in [6.45, 7) is 5.51. The van der Waals surface area contributed by atoms with Crippen LogP contribution in [-0.2, 0) is 17.6 Å². The van der Waals surface area contributed by atoms with Crippen molar-refractivity contribution in [3.63, 3.8) is 0 Å². The van der Waals surface area contributed by atoms with E-state index in [1.807, 2.05) is 30.5 Å². The highest BCUT2D eigenvalue weighted by molar-refractivity contribution is 5.98. The highest BCUT2D eigenvalue weighted by atomic mass is 16.4. The molecule has 0 aliphatic rings. The largest absolute Gasteiger partial charge is 0.427 e. The van der Waals surface area contributed by atoms with Gasteiger partial charge in [0.05, 0.1) is 0 Å². The Morgan fingerprint density at radius 2 is 1.97 bits per heavy atom. The molecule has 0 aliphatic heterocycles. The zero-order chi connectivity index (χ0) is 21.0. The molecule has 0 spiro atoms. The first-order chi connectivity index (χ1) is 13.9. The van der Waals surface area contributed by atoms with Crippen molar-refractivity contribution in [1.29, 1.82) is 0 Å². The Hall–Kier alpha value is -3.35. The second-order valence-electron chi connectivity index (χ2n) is 7.01. The van der Waals surface area contributed by atoms with Gasteiger partial charge in [0.25, 0.3) is 5.91 Å². The number of aryl methyl sites for hydroxylation is 3. The van der Waals surface area contributed by atoms with Crippen molar-refractivity contribution in [1.82, 2.24) is 15.6 Å². The molecule has 1 aromatic carbocycles. The van der Waals surface area contributed by atoms with E-state index in [9.17, 15) is 14.4 Å². The predicted molar refractivity (Wildman–Crippen MR) is 111 cm³/mol. The molecule has 0 fully saturated rings. The molecule has 7 heteroatoms. The lowest BCUT2D eigenvalue weighted by Crippen LogP contribution is -2.45. The van der Waals surface area contributed by atoms with Crippen molar-refractivity contribution in [3.8, 4) is 0 Å². The maximum atomic E-state index is 12.5. The summed E-state index contributed by atoms with van der Waals surface area (Å²) in [5, 5.41) is 6.31. The van der Waals surface area contributed by atoms with E-state index in [1.165, 1.54) is 0 Å². The smallest absolute Gasteiger partial charge is 0.349 e. The van der Waals surface area contributed by atoms with Gasteiger partial charge >= 0.3 is 5.63 Å². The summed E-state index contributed by atoms with van der Waals surface area (Å²) in [5.74, 6) is -0.400. The highest BCUT2D eigenvalue weighted by Gasteiger charge is 2.21. The lowest BCUT2D eigenvalue weighted by Gasteiger charge is -2.14. The van der Waals surface area contributed by atoms with Crippen LogP contribution in [0.3, 0.4) is 0 Å². The van der Waals surface area contributed by atoms with Gasteiger partial charge in [-0.05, 0) is 50.5 Å². The fourth-order valence-electron chi connectivity index (χ4n) is 3.33. The quantitative estimate of drug-likeness (QED) is 0.572. The molecular formula is C22H25N3O4. The number of rotatable bonds is 7. The minimum absolute atomic E-state index is 0.0722. The van der Waals surface area contributed by atoms with Gasteiger partial charge in [0.15, 0.2) is 0 Å². The van der Waals surface area contributed by atoms with Crippen LogP contribution in [-0.4, -0.2) is 29.4 Å². The molecule has 3 rings (SSSR count). The number of aromatic nitrogens is 1. The summed E-state index contributed by atoms with van der Waals surface area (Å²) < 4.78 is 5.38. The second kappa shape index (κ2) is 8.77. The number of hydrogen-bond acceptors (Lipinski definition) is 4. The van der Waals surface area contributed by atoms with Gasteiger partial charge in [0.2, 0.25) is 5.91 Å². The molecule has 3 aromatic rings. The first-order valence-corrected chi connectivity index (χ1v) is 9.68. The first-order valence-electron chi connectivity index (χ1n) is 9.68. The maximum absolute atomic E-state index is 12.5. The molecule has 7 nitrogen and oxygen atoms in total. The molecule has 1 atom stereocenters. The minimum Gasteiger partial charge on any atom is -0.427 e. The lowest BCUT2D eigenvalue weighted by molar-refractivity contribution is -0.122. The van der Waals surface area contributed by atoms with Crippen LogP contribution in [0, 0.1) is 6.92 Å². The molecule has 2 amide bonds. The molecule has 0 bridgehead atoms. The molecule has 0 radical (unpaired) electrons. The van der Waals surface area contributed by atoms with Gasteiger partial charge in [-0.1, -0.05) is 18.2 Å². The van der Waals surface area contributed by atoms with E-state index in [1.54, 1.807) is 26.8 Å². The molecule has 2 heterocycles. The number of benzene rings is 1. The molecule has 0 aliphatic carbocycles. The van der Waals surface area contributed by atoms with E-state index in [-0.39, 0.29) is 11.5 Å². The number of aromatic amines is 1. The molecule has 2 aromatic heterocycles. The van der Waals surface area contributed by atoms with E-state index >= 15 is 0 Å². The van der Waals surface area contributed by atoms with Crippen molar-refractivity contribution < 1.29 is 14.0 Å². The van der Waals surface area contributed by atoms with E-state index in [0.29, 0.717) is 30.7 Å². The number of carbonyl (C=O) groups is 2. The van der Waals surface area contributed by atoms with Crippen molar-refractivity contribution in [2.24, 2.45) is 0 Å². The third-order valence-electron chi connectivity index (χ3n) is 4.83. The van der Waals surface area contributed by atoms with Crippen LogP contribution < -0.4 is 16.3 Å². The normalized spacial score (nSPS) is 12.0. The Labute approximate surface area is 168 Å². The van der Waals surface area contributed by atoms with Crippen LogP contribution in [0.15, 0.2) is 45.7 Å². The van der Waals surface area contributed by atoms with Crippen LogP contribution in [0.2, 0.25) is 0 Å². The average molecular weight is 395 g/mol. The monoisotopic (exact) mass is 395 g/mol. The van der Waals surface area contributed by atoms with Gasteiger partial charge < -0.3 is 20.0 Å². The van der Waals surface area contributed by atoms with E-state index in [4.69, 9.17) is 4.42 Å². The van der Waals surface area contributed by atoms with E-state index in [0.717, 1.165) is 16.5 Å². The number of nitrogens with one attached hydrogen (secondary N) is 3. The van der Waals surface area contributed by atoms with Gasteiger partial charge in [0.1, 0.15) is 17.4 Å². The lowest BCUT2D eigenvalue weighted by atomic mass is 10.1. The van der Waals surface area contributed by atoms with Gasteiger partial charge in [-0.3, -0.25) is 9.59 Å². The van der Waals surface area contributed by atoms with Gasteiger partial charge in [-0.15, -0.1) is 0 Å². The number of H-pyrrole nitrogens is 1. The molecule has 0 saturated carbocycles. The van der Waals surface area contributed by atoms with Crippen LogP contribution in [0.25, 0.3) is 10.9 Å². The van der Waals surface area contributed by atoms with Crippen LogP contribution in [0.1, 0.15) is 41.1 Å². The zero-order valence-corrected chi connectivity index (χ0v) is 16.8. The number of carbonyl (C=O) groups excluding carboxylic acids is 2. The maximum Gasteiger partial charge on any atom is 0.349 e. The topological polar surface area (TPSA) is 104 Å². The molecule has 3 N–H and O–H groups in total. The Balaban J connectivity index is 1.73. The van der Waals surface area contributed by atoms with E-state index in [2.05, 4.69) is 15.6 Å². The zero-order valence-electron chi connectivity index (χ0n) is 16.8. The average Bonchev–Trinajstić information content (AvgIpc) is 3.09. The predicted octanol–water partition coefficient (Wildman–Crippen LogP) is 2.47. The van der Waals surface area contributed by atoms with Crippen LogP contribution >= 0.6 is 0 Å². The SMILES string of the molecule is CCNC(=O)C(C)NC(=O)c1c(C)cc(CCc2c[nH]c3ccccc23)oc1=O. The van der Waals surface area contributed by atoms with Gasteiger partial charge in [-0.2, -0.15) is 0 Å². The van der Waals surface area contributed by atoms with Gasteiger partial charge in [0, 0.05) is 30.1 Å². The Bertz CT molecular complexity index is 1100. The third-order valence-corrected chi connectivity index (χ3v) is 4.83. The highest BCUT2D eigenvalue weighted by Crippen LogP contribution is 2.19. The summed E-state index contributed by atoms with van der Waals surface area (Å²) in [5.41, 5.74) is 1.96. The number of fused-ring (bicyclic) bond motifs is 1. The Morgan fingerprint density at radius 1 is 1.21 bits per heavy atom. The van der Waals surface area contributed by atoms with Crippen LogP contribution in [0.5, 0.6) is 0 Å². The van der Waals surface area contributed by atoms with Crippen molar-refractivity contribution >= 4 is 22.7 Å². The molecule has 0 saturated heterocycles. The Morgan fingerprint density at radius 3 is 2.69 bits per heavy atom. The summed E-state index contributed by atoms with van der Waals surface area (Å²) in [4.78, 5) is 39.9. The van der Waals surface area contributed by atoms with Gasteiger partial charge in [-0.25, -0.2) is 4.79 Å². The number of amides is 2. The number of para-hydroxylation sites is 1. The fourth-order valence-corrected chi connectivity index (χ4v) is 3.33. The van der Waals surface area contributed by atoms with Crippen LogP contribution in [0.4, 0.5) is 0 Å². The second-order valence-corrected chi connectivity index (χ2v) is 7.01. The number of hydrogen-bond donors (Lipinski definition) is 3. The summed E-state index contributed by atoms with van der Waals surface area (Å²) in [6, 6.07) is 8.98. The number of likely N-dealkylation sites (N-methyl/N-ethyl adjacent to an activating group) is 1. The standard InChI is InChI=1S/C22H25N3O4/c1-4-23-20(26)14(3)25-21(27)19-13(2)11-16(29-22(19)28)10-9-15-12-24-18-8-6-5-7-17(15)18/h5-8,11-12,14,24H,4,9-10H2,1-3H3,(H,23,26)(H,25,27). The summed E-state index contributed by atoms with van der Waals surface area (Å²) in [7, 11) is 0. The van der Waals surface area contributed by atoms with Crippen molar-refractivity contribution in [3.05, 3.63) is 69.4 Å². The van der Waals surface area contributed by atoms with Crippen molar-refractivity contribution in [2.45, 2.75) is 39.7 Å². The molecule has 1 unspecified atom stereocenters. The summed E-state index contributed by atoms with van der Waals surface area (Å²) >= 11 is 0. The Kier molecular flexibility index (Phi) is 6.16. The molecule has 29 heavy (non-hydrogen) atoms. The minimum atomic E-state index is -0.747. The molecule has 152 valence electrons. The van der Waals surface area contributed by atoms with E-state index < -0.39 is 17.6 Å².